The molecule has 0 heterocycles. The van der Waals surface area contributed by atoms with Crippen LogP contribution in [-0.4, -0.2) is 69.0 Å². The first-order chi connectivity index (χ1) is 14.1. The van der Waals surface area contributed by atoms with Gasteiger partial charge in [0.25, 0.3) is 0 Å². The van der Waals surface area contributed by atoms with Gasteiger partial charge in [-0.25, -0.2) is 0 Å². The van der Waals surface area contributed by atoms with E-state index in [4.69, 9.17) is 0 Å². The Morgan fingerprint density at radius 1 is 0.455 bits per heavy atom. The van der Waals surface area contributed by atoms with E-state index in [0.29, 0.717) is 0 Å². The van der Waals surface area contributed by atoms with Gasteiger partial charge in [-0.05, 0) is 20.4 Å². The second kappa shape index (κ2) is 8.56. The molecule has 33 heavy (non-hydrogen) atoms. The van der Waals surface area contributed by atoms with Gasteiger partial charge in [0.05, 0.1) is 0 Å². The molecule has 0 aromatic rings. The van der Waals surface area contributed by atoms with Gasteiger partial charge in [-0.1, -0.05) is 0 Å². The fourth-order valence-electron chi connectivity index (χ4n) is 2.22. The topological polar surface area (TPSA) is 18.5 Å². The van der Waals surface area contributed by atoms with Crippen molar-refractivity contribution in [2.75, 3.05) is 13.2 Å². The van der Waals surface area contributed by atoms with Crippen molar-refractivity contribution in [3.05, 3.63) is 0 Å². The quantitative estimate of drug-likeness (QED) is 0.211. The predicted octanol–water partition coefficient (Wildman–Crippen LogP) is 6.68. The first-order valence-corrected chi connectivity index (χ1v) is 10.4. The Morgan fingerprint density at radius 3 is 0.939 bits per heavy atom. The predicted molar refractivity (Wildman–Crippen MR) is 75.6 cm³/mol. The lowest BCUT2D eigenvalue weighted by atomic mass is 9.91. The second-order valence-electron chi connectivity index (χ2n) is 6.33. The van der Waals surface area contributed by atoms with Gasteiger partial charge in [-0.3, -0.25) is 0 Å². The van der Waals surface area contributed by atoms with Gasteiger partial charge in [0.2, 0.25) is 0 Å². The standard InChI is InChI=1S/C13H13F17O2Si/c1-4-31-33(3,32-5-2)13(29,30)11(24,25)9(20,21)7(16,17)6(14,15)8(18,19)10(22,23)12(26,27)28/h4-5H2,1-3H3. The molecule has 0 saturated carbocycles. The third kappa shape index (κ3) is 4.16. The fourth-order valence-corrected chi connectivity index (χ4v) is 4.50. The Bertz CT molecular complexity index is 681. The SMILES string of the molecule is CCO[Si](C)(OCC)C(F)(F)C(F)(F)C(F)(F)C(F)(F)C(F)(F)C(F)(F)C(F)(F)C(F)(F)F. The van der Waals surface area contributed by atoms with Gasteiger partial charge < -0.3 is 8.85 Å². The Kier molecular flexibility index (Phi) is 8.29. The third-order valence-electron chi connectivity index (χ3n) is 4.13. The van der Waals surface area contributed by atoms with Crippen molar-refractivity contribution < 1.29 is 83.5 Å². The van der Waals surface area contributed by atoms with Crippen LogP contribution < -0.4 is 0 Å². The summed E-state index contributed by atoms with van der Waals surface area (Å²) in [6, 6.07) is 0. The lowest BCUT2D eigenvalue weighted by Gasteiger charge is -2.45. The zero-order valence-electron chi connectivity index (χ0n) is 16.2. The zero-order chi connectivity index (χ0) is 27.3. The molecule has 0 amide bonds. The molecule has 200 valence electrons. The molecule has 0 aliphatic heterocycles. The van der Waals surface area contributed by atoms with Crippen LogP contribution in [0.4, 0.5) is 74.6 Å². The molecule has 0 aliphatic carbocycles. The molecule has 2 nitrogen and oxygen atoms in total. The molecule has 0 aromatic carbocycles. The first-order valence-electron chi connectivity index (χ1n) is 8.11. The van der Waals surface area contributed by atoms with E-state index in [1.165, 1.54) is 0 Å². The molecule has 0 saturated heterocycles. The zero-order valence-corrected chi connectivity index (χ0v) is 17.2. The number of rotatable bonds is 11. The van der Waals surface area contributed by atoms with Crippen molar-refractivity contribution in [3.63, 3.8) is 0 Å². The van der Waals surface area contributed by atoms with Crippen LogP contribution in [0.3, 0.4) is 0 Å². The minimum Gasteiger partial charge on any atom is -0.391 e. The fraction of sp³-hybridized carbons (Fsp3) is 1.00. The van der Waals surface area contributed by atoms with Crippen molar-refractivity contribution in [2.45, 2.75) is 67.7 Å². The van der Waals surface area contributed by atoms with Crippen molar-refractivity contribution in [3.8, 4) is 0 Å². The Hall–Kier alpha value is -1.05. The maximum absolute atomic E-state index is 14.2. The van der Waals surface area contributed by atoms with Gasteiger partial charge >= 0.3 is 55.8 Å². The molecule has 20 heteroatoms. The Balaban J connectivity index is 6.94. The Morgan fingerprint density at radius 2 is 0.697 bits per heavy atom. The van der Waals surface area contributed by atoms with Crippen LogP contribution in [-0.2, 0) is 8.85 Å². The van der Waals surface area contributed by atoms with Crippen molar-refractivity contribution in [1.29, 1.82) is 0 Å². The molecule has 0 aliphatic rings. The molecule has 0 unspecified atom stereocenters. The lowest BCUT2D eigenvalue weighted by molar-refractivity contribution is -0.459. The largest absolute Gasteiger partial charge is 0.460 e. The van der Waals surface area contributed by atoms with Crippen molar-refractivity contribution in [2.24, 2.45) is 0 Å². The summed E-state index contributed by atoms with van der Waals surface area (Å²) < 4.78 is 234. The molecular weight excluding hydrogens is 539 g/mol. The highest BCUT2D eigenvalue weighted by Crippen LogP contribution is 2.64. The highest BCUT2D eigenvalue weighted by molar-refractivity contribution is 6.69. The smallest absolute Gasteiger partial charge is 0.391 e. The van der Waals surface area contributed by atoms with E-state index in [1.807, 2.05) is 0 Å². The molecule has 0 N–H and O–H groups in total. The summed E-state index contributed by atoms with van der Waals surface area (Å²) in [5.74, 6) is -50.1. The molecule has 0 radical (unpaired) electrons. The van der Waals surface area contributed by atoms with Gasteiger partial charge in [-0.2, -0.15) is 74.6 Å². The van der Waals surface area contributed by atoms with E-state index in [9.17, 15) is 74.6 Å². The number of alkyl halides is 17. The summed E-state index contributed by atoms with van der Waals surface area (Å²) in [5.41, 5.74) is -6.66. The van der Waals surface area contributed by atoms with Gasteiger partial charge in [0.15, 0.2) is 0 Å². The molecule has 0 atom stereocenters. The van der Waals surface area contributed by atoms with E-state index in [2.05, 4.69) is 8.85 Å². The van der Waals surface area contributed by atoms with E-state index in [0.717, 1.165) is 13.8 Å². The molecular formula is C13H13F17O2Si. The second-order valence-corrected chi connectivity index (χ2v) is 9.43. The first kappa shape index (κ1) is 31.9. The van der Waals surface area contributed by atoms with Crippen LogP contribution in [0, 0.1) is 0 Å². The average Bonchev–Trinajstić information content (AvgIpc) is 2.59. The molecule has 0 spiro atoms. The molecule has 0 aromatic heterocycles. The summed E-state index contributed by atoms with van der Waals surface area (Å²) in [5, 5.41) is 0. The Labute approximate surface area is 174 Å². The lowest BCUT2D eigenvalue weighted by Crippen LogP contribution is -2.77. The monoisotopic (exact) mass is 552 g/mol. The number of hydrogen-bond acceptors (Lipinski definition) is 2. The maximum atomic E-state index is 14.2. The summed E-state index contributed by atoms with van der Waals surface area (Å²) in [6.45, 7) is -0.657. The maximum Gasteiger partial charge on any atom is 0.460 e. The van der Waals surface area contributed by atoms with Crippen molar-refractivity contribution in [1.82, 2.24) is 0 Å². The summed E-state index contributed by atoms with van der Waals surface area (Å²) in [7, 11) is -6.13. The van der Waals surface area contributed by atoms with Crippen LogP contribution in [0.25, 0.3) is 0 Å². The van der Waals surface area contributed by atoms with Gasteiger partial charge in [-0.15, -0.1) is 0 Å². The summed E-state index contributed by atoms with van der Waals surface area (Å²) in [4.78, 5) is 0. The number of halogens is 17. The van der Waals surface area contributed by atoms with E-state index >= 15 is 0 Å². The van der Waals surface area contributed by atoms with Crippen LogP contribution >= 0.6 is 0 Å². The van der Waals surface area contributed by atoms with E-state index in [-0.39, 0.29) is 6.55 Å². The molecule has 0 rings (SSSR count). The minimum absolute atomic E-state index is 0.132. The summed E-state index contributed by atoms with van der Waals surface area (Å²) >= 11 is 0. The van der Waals surface area contributed by atoms with Crippen LogP contribution in [0.1, 0.15) is 13.8 Å². The van der Waals surface area contributed by atoms with E-state index in [1.54, 1.807) is 0 Å². The normalized spacial score (nSPS) is 16.4. The highest BCUT2D eigenvalue weighted by Gasteiger charge is 2.96. The van der Waals surface area contributed by atoms with E-state index < -0.39 is 69.0 Å². The van der Waals surface area contributed by atoms with Gasteiger partial charge in [0, 0.05) is 13.2 Å². The van der Waals surface area contributed by atoms with Crippen LogP contribution in [0.5, 0.6) is 0 Å². The molecule has 0 fully saturated rings. The summed E-state index contributed by atoms with van der Waals surface area (Å²) in [6.07, 6.45) is -7.78. The average molecular weight is 552 g/mol. The van der Waals surface area contributed by atoms with Crippen molar-refractivity contribution >= 4 is 8.56 Å². The molecule has 0 bridgehead atoms. The highest BCUT2D eigenvalue weighted by atomic mass is 28.4. The minimum atomic E-state index is -8.66. The van der Waals surface area contributed by atoms with Crippen LogP contribution in [0.15, 0.2) is 0 Å². The number of hydrogen-bond donors (Lipinski definition) is 0. The third-order valence-corrected chi connectivity index (χ3v) is 7.27. The van der Waals surface area contributed by atoms with Crippen LogP contribution in [0.2, 0.25) is 6.55 Å². The van der Waals surface area contributed by atoms with Gasteiger partial charge in [0.1, 0.15) is 0 Å².